The van der Waals surface area contributed by atoms with Crippen LogP contribution in [0.3, 0.4) is 0 Å². The fourth-order valence-electron chi connectivity index (χ4n) is 1.99. The zero-order valence-corrected chi connectivity index (χ0v) is 12.6. The van der Waals surface area contributed by atoms with Gasteiger partial charge in [-0.2, -0.15) is 18.4 Å². The topological polar surface area (TPSA) is 36.7 Å². The van der Waals surface area contributed by atoms with Crippen LogP contribution in [0.1, 0.15) is 22.4 Å². The summed E-state index contributed by atoms with van der Waals surface area (Å²) in [6.07, 6.45) is -3.85. The Hall–Kier alpha value is -2.00. The minimum absolute atomic E-state index is 0.144. The van der Waals surface area contributed by atoms with Gasteiger partial charge < -0.3 is 0 Å². The Morgan fingerprint density at radius 1 is 1.23 bits per heavy atom. The maximum Gasteiger partial charge on any atom is 0.417 e. The number of halogens is 3. The van der Waals surface area contributed by atoms with Crippen LogP contribution in [-0.4, -0.2) is 10.7 Å². The molecule has 0 aliphatic heterocycles. The van der Waals surface area contributed by atoms with Crippen molar-refractivity contribution in [3.63, 3.8) is 0 Å². The lowest BCUT2D eigenvalue weighted by molar-refractivity contribution is -0.138. The monoisotopic (exact) mass is 322 g/mol. The Kier molecular flexibility index (Phi) is 5.09. The highest BCUT2D eigenvalue weighted by atomic mass is 32.2. The number of thioether (sulfide) groups is 1. The summed E-state index contributed by atoms with van der Waals surface area (Å²) >= 11 is 1.18. The maximum absolute atomic E-state index is 13.0. The summed E-state index contributed by atoms with van der Waals surface area (Å²) in [5.41, 5.74) is 0.0478. The van der Waals surface area contributed by atoms with E-state index in [4.69, 9.17) is 5.26 Å². The normalized spacial score (nSPS) is 11.2. The van der Waals surface area contributed by atoms with Crippen LogP contribution in [0.2, 0.25) is 0 Å². The third-order valence-electron chi connectivity index (χ3n) is 3.00. The van der Waals surface area contributed by atoms with Crippen LogP contribution in [0.5, 0.6) is 0 Å². The minimum atomic E-state index is -4.55. The fourth-order valence-corrected chi connectivity index (χ4v) is 3.03. The molecule has 0 radical (unpaired) electrons. The number of alkyl halides is 3. The molecule has 1 aromatic heterocycles. The number of hydrogen-bond acceptors (Lipinski definition) is 3. The van der Waals surface area contributed by atoms with E-state index < -0.39 is 17.3 Å². The molecule has 0 saturated heterocycles. The second-order valence-electron chi connectivity index (χ2n) is 4.68. The van der Waals surface area contributed by atoms with Crippen LogP contribution in [-0.2, 0) is 12.6 Å². The van der Waals surface area contributed by atoms with Crippen molar-refractivity contribution in [3.05, 3.63) is 58.8 Å². The third kappa shape index (κ3) is 4.01. The van der Waals surface area contributed by atoms with E-state index in [1.807, 2.05) is 30.3 Å². The molecule has 6 heteroatoms. The zero-order chi connectivity index (χ0) is 16.2. The molecule has 0 saturated carbocycles. The standard InChI is InChI=1S/C16H13F3N2S/c1-11-9-14(16(17,18)19)13(10-20)15(21-11)22-8-7-12-5-3-2-4-6-12/h2-6,9H,7-8H2,1H3. The highest BCUT2D eigenvalue weighted by molar-refractivity contribution is 7.99. The number of nitrogens with zero attached hydrogens (tertiary/aromatic N) is 2. The van der Waals surface area contributed by atoms with Crippen LogP contribution >= 0.6 is 11.8 Å². The summed E-state index contributed by atoms with van der Waals surface area (Å²) < 4.78 is 39.0. The number of pyridine rings is 1. The van der Waals surface area contributed by atoms with Crippen molar-refractivity contribution < 1.29 is 13.2 Å². The summed E-state index contributed by atoms with van der Waals surface area (Å²) in [6.45, 7) is 1.50. The molecule has 2 aromatic rings. The minimum Gasteiger partial charge on any atom is -0.245 e. The summed E-state index contributed by atoms with van der Waals surface area (Å²) in [7, 11) is 0. The highest BCUT2D eigenvalue weighted by Crippen LogP contribution is 2.35. The molecular weight excluding hydrogens is 309 g/mol. The molecular formula is C16H13F3N2S. The number of hydrogen-bond donors (Lipinski definition) is 0. The van der Waals surface area contributed by atoms with Crippen molar-refractivity contribution in [3.8, 4) is 6.07 Å². The van der Waals surface area contributed by atoms with E-state index >= 15 is 0 Å². The maximum atomic E-state index is 13.0. The fraction of sp³-hybridized carbons (Fsp3) is 0.250. The van der Waals surface area contributed by atoms with E-state index in [0.717, 1.165) is 11.6 Å². The lowest BCUT2D eigenvalue weighted by atomic mass is 10.1. The SMILES string of the molecule is Cc1cc(C(F)(F)F)c(C#N)c(SCCc2ccccc2)n1. The van der Waals surface area contributed by atoms with E-state index in [1.165, 1.54) is 18.7 Å². The average molecular weight is 322 g/mol. The van der Waals surface area contributed by atoms with Gasteiger partial charge in [-0.3, -0.25) is 0 Å². The molecule has 0 unspecified atom stereocenters. The molecule has 0 spiro atoms. The molecule has 22 heavy (non-hydrogen) atoms. The number of aromatic nitrogens is 1. The molecule has 1 heterocycles. The van der Waals surface area contributed by atoms with Gasteiger partial charge in [-0.05, 0) is 25.0 Å². The van der Waals surface area contributed by atoms with E-state index in [9.17, 15) is 13.2 Å². The van der Waals surface area contributed by atoms with E-state index in [-0.39, 0.29) is 10.7 Å². The Balaban J connectivity index is 2.20. The number of rotatable bonds is 4. The Labute approximate surface area is 131 Å². The quantitative estimate of drug-likeness (QED) is 0.771. The first-order valence-electron chi connectivity index (χ1n) is 6.57. The van der Waals surface area contributed by atoms with Crippen molar-refractivity contribution in [1.82, 2.24) is 4.98 Å². The number of nitriles is 1. The van der Waals surface area contributed by atoms with Crippen molar-refractivity contribution in [2.45, 2.75) is 24.5 Å². The Morgan fingerprint density at radius 3 is 2.50 bits per heavy atom. The number of aryl methyl sites for hydroxylation is 2. The molecule has 0 aliphatic rings. The first-order chi connectivity index (χ1) is 10.4. The smallest absolute Gasteiger partial charge is 0.245 e. The summed E-state index contributed by atoms with van der Waals surface area (Å²) in [5.74, 6) is 0.562. The van der Waals surface area contributed by atoms with Gasteiger partial charge in [0, 0.05) is 11.4 Å². The molecule has 114 valence electrons. The summed E-state index contributed by atoms with van der Waals surface area (Å²) in [6, 6.07) is 12.2. The van der Waals surface area contributed by atoms with Crippen molar-refractivity contribution in [1.29, 1.82) is 5.26 Å². The largest absolute Gasteiger partial charge is 0.417 e. The second-order valence-corrected chi connectivity index (χ2v) is 5.77. The van der Waals surface area contributed by atoms with Gasteiger partial charge in [0.05, 0.1) is 11.1 Å². The second kappa shape index (κ2) is 6.84. The summed E-state index contributed by atoms with van der Waals surface area (Å²) in [4.78, 5) is 4.09. The van der Waals surface area contributed by atoms with Crippen LogP contribution in [0.25, 0.3) is 0 Å². The molecule has 0 atom stereocenters. The molecule has 2 nitrogen and oxygen atoms in total. The predicted octanol–water partition coefficient (Wildman–Crippen LogP) is 4.62. The third-order valence-corrected chi connectivity index (χ3v) is 3.98. The van der Waals surface area contributed by atoms with Crippen molar-refractivity contribution in [2.75, 3.05) is 5.75 Å². The molecule has 0 aliphatic carbocycles. The lowest BCUT2D eigenvalue weighted by Gasteiger charge is -2.12. The van der Waals surface area contributed by atoms with Gasteiger partial charge in [0.1, 0.15) is 11.1 Å². The van der Waals surface area contributed by atoms with Crippen molar-refractivity contribution >= 4 is 11.8 Å². The number of benzene rings is 1. The van der Waals surface area contributed by atoms with Gasteiger partial charge in [-0.15, -0.1) is 11.8 Å². The molecule has 2 rings (SSSR count). The summed E-state index contributed by atoms with van der Waals surface area (Å²) in [5, 5.41) is 9.21. The van der Waals surface area contributed by atoms with E-state index in [2.05, 4.69) is 4.98 Å². The van der Waals surface area contributed by atoms with Gasteiger partial charge >= 0.3 is 6.18 Å². The van der Waals surface area contributed by atoms with Crippen LogP contribution in [0, 0.1) is 18.3 Å². The van der Waals surface area contributed by atoms with E-state index in [0.29, 0.717) is 12.2 Å². The Morgan fingerprint density at radius 2 is 1.91 bits per heavy atom. The van der Waals surface area contributed by atoms with Gasteiger partial charge in [-0.1, -0.05) is 30.3 Å². The molecule has 0 amide bonds. The Bertz CT molecular complexity index is 691. The van der Waals surface area contributed by atoms with Crippen LogP contribution < -0.4 is 0 Å². The van der Waals surface area contributed by atoms with Gasteiger partial charge in [0.2, 0.25) is 0 Å². The highest BCUT2D eigenvalue weighted by Gasteiger charge is 2.35. The van der Waals surface area contributed by atoms with Gasteiger partial charge in [-0.25, -0.2) is 4.98 Å². The molecule has 0 bridgehead atoms. The van der Waals surface area contributed by atoms with Gasteiger partial charge in [0.15, 0.2) is 0 Å². The lowest BCUT2D eigenvalue weighted by Crippen LogP contribution is -2.10. The van der Waals surface area contributed by atoms with Gasteiger partial charge in [0.25, 0.3) is 0 Å². The zero-order valence-electron chi connectivity index (χ0n) is 11.8. The molecule has 0 fully saturated rings. The molecule has 0 N–H and O–H groups in total. The predicted molar refractivity (Wildman–Crippen MR) is 79.6 cm³/mol. The first kappa shape index (κ1) is 16.4. The van der Waals surface area contributed by atoms with Crippen LogP contribution in [0.4, 0.5) is 13.2 Å². The first-order valence-corrected chi connectivity index (χ1v) is 7.56. The van der Waals surface area contributed by atoms with E-state index in [1.54, 1.807) is 6.07 Å². The molecule has 1 aromatic carbocycles. The van der Waals surface area contributed by atoms with Crippen LogP contribution in [0.15, 0.2) is 41.4 Å². The average Bonchev–Trinajstić information content (AvgIpc) is 2.47. The van der Waals surface area contributed by atoms with Crippen molar-refractivity contribution in [2.24, 2.45) is 0 Å².